The van der Waals surface area contributed by atoms with Crippen LogP contribution < -0.4 is 5.32 Å². The zero-order valence-electron chi connectivity index (χ0n) is 10.7. The highest BCUT2D eigenvalue weighted by Gasteiger charge is 2.24. The summed E-state index contributed by atoms with van der Waals surface area (Å²) in [7, 11) is 0. The highest BCUT2D eigenvalue weighted by molar-refractivity contribution is 6.42. The minimum Gasteiger partial charge on any atom is -0.381 e. The summed E-state index contributed by atoms with van der Waals surface area (Å²) < 4.78 is 5.45. The van der Waals surface area contributed by atoms with E-state index in [9.17, 15) is 0 Å². The van der Waals surface area contributed by atoms with E-state index in [1.807, 2.05) is 18.2 Å². The topological polar surface area (TPSA) is 21.3 Å². The zero-order chi connectivity index (χ0) is 13.1. The number of hydrogen-bond acceptors (Lipinski definition) is 2. The van der Waals surface area contributed by atoms with Gasteiger partial charge in [0.25, 0.3) is 0 Å². The molecule has 2 rings (SSSR count). The van der Waals surface area contributed by atoms with Gasteiger partial charge >= 0.3 is 0 Å². The van der Waals surface area contributed by atoms with Crippen molar-refractivity contribution in [3.63, 3.8) is 0 Å². The van der Waals surface area contributed by atoms with Gasteiger partial charge in [-0.15, -0.1) is 0 Å². The number of benzene rings is 1. The van der Waals surface area contributed by atoms with E-state index in [1.54, 1.807) is 0 Å². The lowest BCUT2D eigenvalue weighted by Gasteiger charge is -2.32. The van der Waals surface area contributed by atoms with Crippen molar-refractivity contribution in [1.29, 1.82) is 0 Å². The van der Waals surface area contributed by atoms with Gasteiger partial charge in [-0.2, -0.15) is 0 Å². The van der Waals surface area contributed by atoms with Crippen LogP contribution in [-0.4, -0.2) is 19.3 Å². The van der Waals surface area contributed by atoms with E-state index in [4.69, 9.17) is 27.9 Å². The summed E-state index contributed by atoms with van der Waals surface area (Å²) in [6.45, 7) is 5.99. The Morgan fingerprint density at radius 3 is 2.89 bits per heavy atom. The summed E-state index contributed by atoms with van der Waals surface area (Å²) >= 11 is 12.3. The van der Waals surface area contributed by atoms with Gasteiger partial charge in [-0.3, -0.25) is 0 Å². The van der Waals surface area contributed by atoms with E-state index in [0.29, 0.717) is 22.0 Å². The fourth-order valence-corrected chi connectivity index (χ4v) is 2.87. The van der Waals surface area contributed by atoms with Crippen LogP contribution in [0.3, 0.4) is 0 Å². The van der Waals surface area contributed by atoms with Gasteiger partial charge in [0.05, 0.1) is 16.7 Å². The van der Waals surface area contributed by atoms with Crippen molar-refractivity contribution in [2.75, 3.05) is 13.2 Å². The number of nitrogens with one attached hydrogen (secondary N) is 1. The van der Waals surface area contributed by atoms with Gasteiger partial charge in [0.2, 0.25) is 0 Å². The predicted octanol–water partition coefficient (Wildman–Crippen LogP) is 4.07. The van der Waals surface area contributed by atoms with Crippen molar-refractivity contribution >= 4 is 23.2 Å². The summed E-state index contributed by atoms with van der Waals surface area (Å²) in [5.74, 6) is 0.527. The van der Waals surface area contributed by atoms with Gasteiger partial charge in [-0.05, 0) is 30.9 Å². The predicted molar refractivity (Wildman–Crippen MR) is 76.4 cm³/mol. The molecular formula is C14H19Cl2NO. The van der Waals surface area contributed by atoms with E-state index in [0.717, 1.165) is 25.2 Å². The van der Waals surface area contributed by atoms with Gasteiger partial charge in [-0.1, -0.05) is 42.3 Å². The third-order valence-electron chi connectivity index (χ3n) is 3.55. The quantitative estimate of drug-likeness (QED) is 0.905. The molecule has 1 heterocycles. The second kappa shape index (κ2) is 6.25. The Hall–Kier alpha value is -0.280. The fourth-order valence-electron chi connectivity index (χ4n) is 2.39. The highest BCUT2D eigenvalue weighted by atomic mass is 35.5. The molecular weight excluding hydrogens is 269 g/mol. The van der Waals surface area contributed by atoms with Crippen LogP contribution >= 0.6 is 23.2 Å². The smallest absolute Gasteiger partial charge is 0.0639 e. The van der Waals surface area contributed by atoms with Gasteiger partial charge in [0, 0.05) is 18.7 Å². The molecule has 3 unspecified atom stereocenters. The number of halogens is 2. The van der Waals surface area contributed by atoms with Crippen LogP contribution in [-0.2, 0) is 4.74 Å². The Bertz CT molecular complexity index is 411. The first kappa shape index (κ1) is 14.1. The average molecular weight is 288 g/mol. The maximum absolute atomic E-state index is 6.25. The molecule has 1 aliphatic heterocycles. The van der Waals surface area contributed by atoms with Gasteiger partial charge in [-0.25, -0.2) is 0 Å². The molecule has 1 saturated heterocycles. The van der Waals surface area contributed by atoms with Crippen molar-refractivity contribution in [1.82, 2.24) is 5.32 Å². The van der Waals surface area contributed by atoms with Gasteiger partial charge in [0.15, 0.2) is 0 Å². The molecule has 100 valence electrons. The van der Waals surface area contributed by atoms with Crippen molar-refractivity contribution < 1.29 is 4.74 Å². The Kier molecular flexibility index (Phi) is 4.91. The van der Waals surface area contributed by atoms with Crippen LogP contribution in [0.4, 0.5) is 0 Å². The molecule has 0 aliphatic carbocycles. The molecule has 0 saturated carbocycles. The largest absolute Gasteiger partial charge is 0.381 e. The van der Waals surface area contributed by atoms with Crippen molar-refractivity contribution in [2.45, 2.75) is 32.4 Å². The molecule has 1 aromatic rings. The van der Waals surface area contributed by atoms with Crippen LogP contribution in [0.15, 0.2) is 18.2 Å². The van der Waals surface area contributed by atoms with Crippen LogP contribution in [0.25, 0.3) is 0 Å². The highest BCUT2D eigenvalue weighted by Crippen LogP contribution is 2.30. The summed E-state index contributed by atoms with van der Waals surface area (Å²) in [4.78, 5) is 0. The third-order valence-corrected chi connectivity index (χ3v) is 4.39. The molecule has 0 amide bonds. The maximum atomic E-state index is 6.25. The lowest BCUT2D eigenvalue weighted by Crippen LogP contribution is -2.42. The van der Waals surface area contributed by atoms with Crippen LogP contribution in [0.5, 0.6) is 0 Å². The maximum Gasteiger partial charge on any atom is 0.0639 e. The Balaban J connectivity index is 2.07. The van der Waals surface area contributed by atoms with Crippen molar-refractivity contribution in [3.05, 3.63) is 33.8 Å². The van der Waals surface area contributed by atoms with E-state index >= 15 is 0 Å². The number of ether oxygens (including phenoxy) is 1. The van der Waals surface area contributed by atoms with E-state index < -0.39 is 0 Å². The monoisotopic (exact) mass is 287 g/mol. The molecule has 1 fully saturated rings. The first-order valence-corrected chi connectivity index (χ1v) is 7.13. The Labute approximate surface area is 119 Å². The van der Waals surface area contributed by atoms with Gasteiger partial charge < -0.3 is 10.1 Å². The summed E-state index contributed by atoms with van der Waals surface area (Å²) in [6.07, 6.45) is 1.05. The Morgan fingerprint density at radius 2 is 2.17 bits per heavy atom. The second-order valence-electron chi connectivity index (χ2n) is 4.98. The van der Waals surface area contributed by atoms with Crippen LogP contribution in [0.1, 0.15) is 31.9 Å². The summed E-state index contributed by atoms with van der Waals surface area (Å²) in [5.41, 5.74) is 1.06. The second-order valence-corrected chi connectivity index (χ2v) is 5.76. The molecule has 3 atom stereocenters. The van der Waals surface area contributed by atoms with Crippen LogP contribution in [0.2, 0.25) is 10.0 Å². The van der Waals surface area contributed by atoms with Crippen LogP contribution in [0, 0.1) is 5.92 Å². The minimum atomic E-state index is 0.196. The van der Waals surface area contributed by atoms with Crippen molar-refractivity contribution in [2.24, 2.45) is 5.92 Å². The van der Waals surface area contributed by atoms with Crippen molar-refractivity contribution in [3.8, 4) is 0 Å². The first-order valence-electron chi connectivity index (χ1n) is 6.37. The van der Waals surface area contributed by atoms with E-state index in [1.165, 1.54) is 0 Å². The SMILES string of the molecule is CC(NC1CCOCC1C)c1cccc(Cl)c1Cl. The molecule has 18 heavy (non-hydrogen) atoms. The standard InChI is InChI=1S/C14H19Cl2NO/c1-9-8-18-7-6-13(9)17-10(2)11-4-3-5-12(15)14(11)16/h3-5,9-10,13,17H,6-8H2,1-2H3. The number of rotatable bonds is 3. The molecule has 0 bridgehead atoms. The molecule has 1 N–H and O–H groups in total. The van der Waals surface area contributed by atoms with Gasteiger partial charge in [0.1, 0.15) is 0 Å². The molecule has 2 nitrogen and oxygen atoms in total. The molecule has 1 aromatic carbocycles. The Morgan fingerprint density at radius 1 is 1.39 bits per heavy atom. The molecule has 0 spiro atoms. The van der Waals surface area contributed by atoms with E-state index in [2.05, 4.69) is 19.2 Å². The molecule has 0 radical (unpaired) electrons. The molecule has 1 aliphatic rings. The minimum absolute atomic E-state index is 0.196. The fraction of sp³-hybridized carbons (Fsp3) is 0.571. The molecule has 0 aromatic heterocycles. The normalized spacial score (nSPS) is 26.0. The zero-order valence-corrected chi connectivity index (χ0v) is 12.3. The average Bonchev–Trinajstić information content (AvgIpc) is 2.35. The lowest BCUT2D eigenvalue weighted by atomic mass is 9.96. The lowest BCUT2D eigenvalue weighted by molar-refractivity contribution is 0.0363. The van der Waals surface area contributed by atoms with E-state index in [-0.39, 0.29) is 6.04 Å². The summed E-state index contributed by atoms with van der Waals surface area (Å²) in [6, 6.07) is 6.45. The molecule has 4 heteroatoms. The third kappa shape index (κ3) is 3.18. The first-order chi connectivity index (χ1) is 8.59. The number of hydrogen-bond donors (Lipinski definition) is 1. The summed E-state index contributed by atoms with van der Waals surface area (Å²) in [5, 5.41) is 4.90.